The number of nitrogens with zero attached hydrogens (tertiary/aromatic N) is 5. The van der Waals surface area contributed by atoms with Crippen LogP contribution in [0, 0.1) is 5.92 Å². The highest BCUT2D eigenvalue weighted by molar-refractivity contribution is 5.94. The van der Waals surface area contributed by atoms with Crippen LogP contribution >= 0.6 is 0 Å². The molecule has 3 amide bonds. The highest BCUT2D eigenvalue weighted by atomic mass is 16.5. The van der Waals surface area contributed by atoms with Gasteiger partial charge >= 0.3 is 12.0 Å². The number of amides is 3. The molecule has 0 spiro atoms. The van der Waals surface area contributed by atoms with Crippen LogP contribution in [-0.4, -0.2) is 102 Å². The summed E-state index contributed by atoms with van der Waals surface area (Å²) in [6, 6.07) is 9.25. The number of ether oxygens (including phenoxy) is 1. The Morgan fingerprint density at radius 2 is 2.08 bits per heavy atom. The van der Waals surface area contributed by atoms with Crippen LogP contribution in [0.2, 0.25) is 0 Å². The SMILES string of the molecule is CCCCN(C(=O)CN1CC(c2ccc3c(c2)CCO3)C(C(=O)O)C1CCN1CCN(C)C1=O)c1cccnc1. The number of rotatable bonds is 11. The van der Waals surface area contributed by atoms with Gasteiger partial charge in [0.15, 0.2) is 0 Å². The molecule has 3 unspecified atom stereocenters. The van der Waals surface area contributed by atoms with E-state index in [0.29, 0.717) is 45.8 Å². The lowest BCUT2D eigenvalue weighted by Gasteiger charge is -2.30. The van der Waals surface area contributed by atoms with Crippen molar-refractivity contribution in [3.05, 3.63) is 53.9 Å². The molecule has 2 fully saturated rings. The maximum atomic E-state index is 13.8. The Hall–Kier alpha value is -3.66. The van der Waals surface area contributed by atoms with Gasteiger partial charge in [0.2, 0.25) is 5.91 Å². The number of aliphatic carboxylic acids is 1. The number of carbonyl (C=O) groups is 3. The highest BCUT2D eigenvalue weighted by Crippen LogP contribution is 2.41. The van der Waals surface area contributed by atoms with E-state index in [2.05, 4.69) is 18.0 Å². The number of benzene rings is 1. The van der Waals surface area contributed by atoms with Crippen LogP contribution < -0.4 is 9.64 Å². The van der Waals surface area contributed by atoms with Gasteiger partial charge in [0.25, 0.3) is 0 Å². The minimum atomic E-state index is -0.873. The van der Waals surface area contributed by atoms with Gasteiger partial charge in [-0.15, -0.1) is 0 Å². The molecule has 5 rings (SSSR count). The molecule has 40 heavy (non-hydrogen) atoms. The molecule has 1 aromatic carbocycles. The third kappa shape index (κ3) is 5.77. The van der Waals surface area contributed by atoms with Crippen LogP contribution in [0.5, 0.6) is 5.75 Å². The number of carboxylic acids is 1. The van der Waals surface area contributed by atoms with E-state index in [1.165, 1.54) is 0 Å². The zero-order valence-corrected chi connectivity index (χ0v) is 23.4. The van der Waals surface area contributed by atoms with Gasteiger partial charge in [-0.25, -0.2) is 4.79 Å². The number of anilines is 1. The molecule has 1 aromatic heterocycles. The second-order valence-corrected chi connectivity index (χ2v) is 11.0. The number of urea groups is 1. The molecule has 0 radical (unpaired) electrons. The van der Waals surface area contributed by atoms with Crippen molar-refractivity contribution in [1.29, 1.82) is 0 Å². The van der Waals surface area contributed by atoms with Gasteiger partial charge in [0, 0.05) is 64.3 Å². The predicted molar refractivity (Wildman–Crippen MR) is 151 cm³/mol. The standard InChI is InChI=1S/C30H39N5O5/c1-3-4-12-35(23-6-5-11-31-18-23)27(36)20-34-19-24(21-7-8-26-22(17-21)10-16-40-26)28(29(37)38)25(34)9-13-33-15-14-32(2)30(33)39/h5-8,11,17-18,24-25,28H,3-4,9-10,12-16,19-20H2,1-2H3,(H,37,38). The number of hydrogen-bond donors (Lipinski definition) is 1. The van der Waals surface area contributed by atoms with E-state index in [4.69, 9.17) is 4.74 Å². The molecule has 0 aliphatic carbocycles. The van der Waals surface area contributed by atoms with Crippen molar-refractivity contribution in [3.8, 4) is 5.75 Å². The number of carbonyl (C=O) groups excluding carboxylic acids is 2. The van der Waals surface area contributed by atoms with E-state index in [1.807, 2.05) is 29.2 Å². The first-order valence-electron chi connectivity index (χ1n) is 14.3. The lowest BCUT2D eigenvalue weighted by molar-refractivity contribution is -0.143. The molecule has 3 aliphatic rings. The molecule has 1 N–H and O–H groups in total. The monoisotopic (exact) mass is 549 g/mol. The summed E-state index contributed by atoms with van der Waals surface area (Å²) in [6.07, 6.45) is 6.47. The third-order valence-corrected chi connectivity index (χ3v) is 8.50. The van der Waals surface area contributed by atoms with Crippen molar-refractivity contribution in [2.75, 3.05) is 57.8 Å². The van der Waals surface area contributed by atoms with Crippen LogP contribution in [-0.2, 0) is 16.0 Å². The number of hydrogen-bond acceptors (Lipinski definition) is 6. The Morgan fingerprint density at radius 3 is 2.77 bits per heavy atom. The van der Waals surface area contributed by atoms with E-state index in [0.717, 1.165) is 41.8 Å². The Balaban J connectivity index is 1.42. The fraction of sp³-hybridized carbons (Fsp3) is 0.533. The summed E-state index contributed by atoms with van der Waals surface area (Å²) in [5.41, 5.74) is 2.80. The predicted octanol–water partition coefficient (Wildman–Crippen LogP) is 3.08. The minimum Gasteiger partial charge on any atom is -0.493 e. The Bertz CT molecular complexity index is 1220. The molecule has 214 valence electrons. The smallest absolute Gasteiger partial charge is 0.319 e. The number of fused-ring (bicyclic) bond motifs is 1. The quantitative estimate of drug-likeness (QED) is 0.459. The lowest BCUT2D eigenvalue weighted by Crippen LogP contribution is -2.46. The second-order valence-electron chi connectivity index (χ2n) is 11.0. The zero-order chi connectivity index (χ0) is 28.2. The Kier molecular flexibility index (Phi) is 8.54. The average molecular weight is 550 g/mol. The van der Waals surface area contributed by atoms with E-state index >= 15 is 0 Å². The topological polar surface area (TPSA) is 107 Å². The third-order valence-electron chi connectivity index (χ3n) is 8.50. The molecule has 2 saturated heterocycles. The fourth-order valence-corrected chi connectivity index (χ4v) is 6.31. The Morgan fingerprint density at radius 1 is 1.23 bits per heavy atom. The van der Waals surface area contributed by atoms with Gasteiger partial charge in [-0.1, -0.05) is 25.5 Å². The number of aromatic nitrogens is 1. The molecule has 3 atom stereocenters. The molecule has 0 saturated carbocycles. The largest absolute Gasteiger partial charge is 0.493 e. The summed E-state index contributed by atoms with van der Waals surface area (Å²) in [4.78, 5) is 50.7. The molecule has 0 bridgehead atoms. The van der Waals surface area contributed by atoms with Gasteiger partial charge in [-0.2, -0.15) is 0 Å². The van der Waals surface area contributed by atoms with E-state index in [1.54, 1.807) is 34.1 Å². The second kappa shape index (κ2) is 12.2. The van der Waals surface area contributed by atoms with Crippen LogP contribution in [0.15, 0.2) is 42.7 Å². The summed E-state index contributed by atoms with van der Waals surface area (Å²) >= 11 is 0. The number of carboxylic acid groups (broad SMARTS) is 1. The summed E-state index contributed by atoms with van der Waals surface area (Å²) in [6.45, 7) is 5.59. The van der Waals surface area contributed by atoms with Crippen LogP contribution in [0.3, 0.4) is 0 Å². The molecule has 3 aliphatic heterocycles. The lowest BCUT2D eigenvalue weighted by atomic mass is 9.83. The van der Waals surface area contributed by atoms with E-state index < -0.39 is 17.9 Å². The Labute approximate surface area is 235 Å². The minimum absolute atomic E-state index is 0.0370. The van der Waals surface area contributed by atoms with Crippen molar-refractivity contribution in [2.45, 2.75) is 44.6 Å². The van der Waals surface area contributed by atoms with Crippen molar-refractivity contribution in [3.63, 3.8) is 0 Å². The summed E-state index contributed by atoms with van der Waals surface area (Å²) in [5, 5.41) is 10.5. The molecular formula is C30H39N5O5. The molecule has 10 heteroatoms. The maximum absolute atomic E-state index is 13.8. The molecule has 10 nitrogen and oxygen atoms in total. The number of pyridine rings is 1. The summed E-state index contributed by atoms with van der Waals surface area (Å²) in [7, 11) is 1.78. The van der Waals surface area contributed by atoms with Gasteiger partial charge < -0.3 is 24.5 Å². The summed E-state index contributed by atoms with van der Waals surface area (Å²) in [5.74, 6) is -1.07. The van der Waals surface area contributed by atoms with Crippen molar-refractivity contribution >= 4 is 23.6 Å². The van der Waals surface area contributed by atoms with Gasteiger partial charge in [0.1, 0.15) is 5.75 Å². The maximum Gasteiger partial charge on any atom is 0.319 e. The first-order chi connectivity index (χ1) is 19.4. The first kappa shape index (κ1) is 27.9. The zero-order valence-electron chi connectivity index (χ0n) is 23.4. The number of likely N-dealkylation sites (N-methyl/N-ethyl adjacent to an activating group) is 1. The van der Waals surface area contributed by atoms with E-state index in [-0.39, 0.29) is 24.4 Å². The van der Waals surface area contributed by atoms with Crippen molar-refractivity contribution in [2.24, 2.45) is 5.92 Å². The van der Waals surface area contributed by atoms with Gasteiger partial charge in [-0.3, -0.25) is 19.5 Å². The number of likely N-dealkylation sites (tertiary alicyclic amines) is 1. The first-order valence-corrected chi connectivity index (χ1v) is 14.3. The van der Waals surface area contributed by atoms with Crippen molar-refractivity contribution in [1.82, 2.24) is 19.7 Å². The van der Waals surface area contributed by atoms with E-state index in [9.17, 15) is 19.5 Å². The molecular weight excluding hydrogens is 510 g/mol. The highest BCUT2D eigenvalue weighted by Gasteiger charge is 2.47. The van der Waals surface area contributed by atoms with Crippen LogP contribution in [0.4, 0.5) is 10.5 Å². The van der Waals surface area contributed by atoms with Gasteiger partial charge in [-0.05, 0) is 42.2 Å². The number of unbranched alkanes of at least 4 members (excludes halogenated alkanes) is 1. The fourth-order valence-electron chi connectivity index (χ4n) is 6.31. The molecule has 4 heterocycles. The molecule has 2 aromatic rings. The van der Waals surface area contributed by atoms with Gasteiger partial charge in [0.05, 0.1) is 31.0 Å². The average Bonchev–Trinajstić information content (AvgIpc) is 3.65. The van der Waals surface area contributed by atoms with Crippen molar-refractivity contribution < 1.29 is 24.2 Å². The normalized spacial score (nSPS) is 22.4. The van der Waals surface area contributed by atoms with Crippen LogP contribution in [0.1, 0.15) is 43.2 Å². The van der Waals surface area contributed by atoms with Crippen LogP contribution in [0.25, 0.3) is 0 Å². The summed E-state index contributed by atoms with van der Waals surface area (Å²) < 4.78 is 5.68.